The van der Waals surface area contributed by atoms with Crippen LogP contribution in [0.5, 0.6) is 0 Å². The predicted molar refractivity (Wildman–Crippen MR) is 74.1 cm³/mol. The van der Waals surface area contributed by atoms with Crippen LogP contribution >= 0.6 is 0 Å². The van der Waals surface area contributed by atoms with Crippen LogP contribution in [-0.4, -0.2) is 29.2 Å². The fraction of sp³-hybridized carbons (Fsp3) is 0.857. The molecule has 0 radical (unpaired) electrons. The zero-order valence-corrected chi connectivity index (χ0v) is 12.0. The van der Waals surface area contributed by atoms with Crippen molar-refractivity contribution in [1.82, 2.24) is 10.6 Å². The zero-order valence-electron chi connectivity index (χ0n) is 12.0. The van der Waals surface area contributed by atoms with Crippen LogP contribution in [0.1, 0.15) is 58.8 Å². The number of carbonyl (C=O) groups is 2. The van der Waals surface area contributed by atoms with Gasteiger partial charge in [-0.15, -0.1) is 0 Å². The van der Waals surface area contributed by atoms with Gasteiger partial charge in [-0.25, -0.2) is 4.79 Å². The monoisotopic (exact) mass is 270 g/mol. The third-order valence-corrected chi connectivity index (χ3v) is 3.73. The summed E-state index contributed by atoms with van der Waals surface area (Å²) >= 11 is 0. The van der Waals surface area contributed by atoms with E-state index in [1.807, 2.05) is 13.8 Å². The van der Waals surface area contributed by atoms with Crippen molar-refractivity contribution in [3.63, 3.8) is 0 Å². The van der Waals surface area contributed by atoms with E-state index in [0.29, 0.717) is 13.0 Å². The van der Waals surface area contributed by atoms with Crippen LogP contribution in [0.2, 0.25) is 0 Å². The van der Waals surface area contributed by atoms with E-state index in [-0.39, 0.29) is 12.5 Å². The van der Waals surface area contributed by atoms with Crippen LogP contribution in [-0.2, 0) is 4.79 Å². The molecule has 0 spiro atoms. The molecule has 19 heavy (non-hydrogen) atoms. The predicted octanol–water partition coefficient (Wildman–Crippen LogP) is 2.51. The van der Waals surface area contributed by atoms with Crippen molar-refractivity contribution in [3.05, 3.63) is 0 Å². The molecule has 0 aromatic heterocycles. The van der Waals surface area contributed by atoms with Gasteiger partial charge < -0.3 is 15.7 Å². The summed E-state index contributed by atoms with van der Waals surface area (Å²) in [6, 6.07) is -0.201. The average Bonchev–Trinajstić information content (AvgIpc) is 2.79. The smallest absolute Gasteiger partial charge is 0.315 e. The van der Waals surface area contributed by atoms with Crippen molar-refractivity contribution < 1.29 is 14.7 Å². The molecule has 0 atom stereocenters. The minimum atomic E-state index is -0.837. The lowest BCUT2D eigenvalue weighted by Crippen LogP contribution is -2.48. The third kappa shape index (κ3) is 7.03. The van der Waals surface area contributed by atoms with Gasteiger partial charge in [0.1, 0.15) is 0 Å². The lowest BCUT2D eigenvalue weighted by molar-refractivity contribution is -0.137. The minimum Gasteiger partial charge on any atom is -0.481 e. The topological polar surface area (TPSA) is 78.4 Å². The molecule has 3 N–H and O–H groups in total. The molecule has 0 heterocycles. The summed E-state index contributed by atoms with van der Waals surface area (Å²) in [6.07, 6.45) is 6.75. The molecular formula is C14H26N2O3. The Morgan fingerprint density at radius 2 is 1.89 bits per heavy atom. The van der Waals surface area contributed by atoms with E-state index in [0.717, 1.165) is 12.3 Å². The van der Waals surface area contributed by atoms with Crippen LogP contribution in [0.3, 0.4) is 0 Å². The second-order valence-corrected chi connectivity index (χ2v) is 6.10. The maximum Gasteiger partial charge on any atom is 0.315 e. The summed E-state index contributed by atoms with van der Waals surface area (Å²) in [5.74, 6) is -0.0724. The number of amides is 2. The molecule has 110 valence electrons. The van der Waals surface area contributed by atoms with Gasteiger partial charge in [-0.3, -0.25) is 4.79 Å². The molecule has 0 saturated heterocycles. The van der Waals surface area contributed by atoms with Gasteiger partial charge in [0.05, 0.1) is 0 Å². The largest absolute Gasteiger partial charge is 0.481 e. The normalized spacial score (nSPS) is 16.3. The molecule has 0 bridgehead atoms. The Morgan fingerprint density at radius 3 is 2.47 bits per heavy atom. The van der Waals surface area contributed by atoms with Crippen molar-refractivity contribution in [1.29, 1.82) is 0 Å². The van der Waals surface area contributed by atoms with Gasteiger partial charge in [-0.1, -0.05) is 25.7 Å². The SMILES string of the molecule is CC(C)(CCC(=O)O)NC(=O)NCCC1CCCC1. The molecule has 0 aromatic rings. The molecule has 1 saturated carbocycles. The summed E-state index contributed by atoms with van der Waals surface area (Å²) < 4.78 is 0. The summed E-state index contributed by atoms with van der Waals surface area (Å²) in [5, 5.41) is 14.3. The average molecular weight is 270 g/mol. The minimum absolute atomic E-state index is 0.0648. The molecule has 1 rings (SSSR count). The second kappa shape index (κ2) is 7.36. The lowest BCUT2D eigenvalue weighted by Gasteiger charge is -2.25. The Balaban J connectivity index is 2.16. The Morgan fingerprint density at radius 1 is 1.26 bits per heavy atom. The van der Waals surface area contributed by atoms with Crippen molar-refractivity contribution in [2.24, 2.45) is 5.92 Å². The van der Waals surface area contributed by atoms with Gasteiger partial charge in [0, 0.05) is 18.5 Å². The molecule has 1 aliphatic carbocycles. The summed E-state index contributed by atoms with van der Waals surface area (Å²) in [6.45, 7) is 4.38. The number of rotatable bonds is 7. The number of aliphatic carboxylic acids is 1. The fourth-order valence-electron chi connectivity index (χ4n) is 2.52. The number of carboxylic acids is 1. The first kappa shape index (κ1) is 15.8. The molecule has 0 aliphatic heterocycles. The highest BCUT2D eigenvalue weighted by Crippen LogP contribution is 2.26. The van der Waals surface area contributed by atoms with Gasteiger partial charge in [0.15, 0.2) is 0 Å². The first-order valence-electron chi connectivity index (χ1n) is 7.17. The first-order chi connectivity index (χ1) is 8.89. The van der Waals surface area contributed by atoms with E-state index in [1.165, 1.54) is 25.7 Å². The lowest BCUT2D eigenvalue weighted by atomic mass is 9.99. The van der Waals surface area contributed by atoms with Crippen LogP contribution in [0.15, 0.2) is 0 Å². The van der Waals surface area contributed by atoms with E-state index in [1.54, 1.807) is 0 Å². The Kier molecular flexibility index (Phi) is 6.12. The van der Waals surface area contributed by atoms with Crippen molar-refractivity contribution >= 4 is 12.0 Å². The number of urea groups is 1. The Labute approximate surface area is 115 Å². The van der Waals surface area contributed by atoms with Gasteiger partial charge in [0.2, 0.25) is 0 Å². The van der Waals surface area contributed by atoms with E-state index < -0.39 is 11.5 Å². The van der Waals surface area contributed by atoms with E-state index in [9.17, 15) is 9.59 Å². The summed E-state index contributed by atoms with van der Waals surface area (Å²) in [4.78, 5) is 22.2. The van der Waals surface area contributed by atoms with Crippen molar-refractivity contribution in [2.45, 2.75) is 64.3 Å². The third-order valence-electron chi connectivity index (χ3n) is 3.73. The number of hydrogen-bond donors (Lipinski definition) is 3. The van der Waals surface area contributed by atoms with Crippen LogP contribution < -0.4 is 10.6 Å². The Bertz CT molecular complexity index is 310. The Hall–Kier alpha value is -1.26. The second-order valence-electron chi connectivity index (χ2n) is 6.10. The van der Waals surface area contributed by atoms with Gasteiger partial charge in [0.25, 0.3) is 0 Å². The molecular weight excluding hydrogens is 244 g/mol. The molecule has 2 amide bonds. The van der Waals surface area contributed by atoms with E-state index in [2.05, 4.69) is 10.6 Å². The van der Waals surface area contributed by atoms with E-state index in [4.69, 9.17) is 5.11 Å². The highest BCUT2D eigenvalue weighted by atomic mass is 16.4. The molecule has 0 unspecified atom stereocenters. The molecule has 0 aromatic carbocycles. The number of carboxylic acid groups (broad SMARTS) is 1. The standard InChI is InChI=1S/C14H26N2O3/c1-14(2,9-7-12(17)18)16-13(19)15-10-8-11-5-3-4-6-11/h11H,3-10H2,1-2H3,(H,17,18)(H2,15,16,19). The number of nitrogens with one attached hydrogen (secondary N) is 2. The van der Waals surface area contributed by atoms with E-state index >= 15 is 0 Å². The maximum atomic E-state index is 11.7. The fourth-order valence-corrected chi connectivity index (χ4v) is 2.52. The highest BCUT2D eigenvalue weighted by molar-refractivity contribution is 5.74. The van der Waals surface area contributed by atoms with Crippen LogP contribution in [0, 0.1) is 5.92 Å². The summed E-state index contributed by atoms with van der Waals surface area (Å²) in [7, 11) is 0. The molecule has 5 nitrogen and oxygen atoms in total. The summed E-state index contributed by atoms with van der Waals surface area (Å²) in [5.41, 5.74) is -0.490. The van der Waals surface area contributed by atoms with Gasteiger partial charge in [-0.2, -0.15) is 0 Å². The van der Waals surface area contributed by atoms with Crippen molar-refractivity contribution in [3.8, 4) is 0 Å². The highest BCUT2D eigenvalue weighted by Gasteiger charge is 2.21. The molecule has 5 heteroatoms. The van der Waals surface area contributed by atoms with Crippen LogP contribution in [0.4, 0.5) is 4.79 Å². The quantitative estimate of drug-likeness (QED) is 0.665. The molecule has 1 aliphatic rings. The zero-order chi connectivity index (χ0) is 14.3. The van der Waals surface area contributed by atoms with Gasteiger partial charge in [-0.05, 0) is 32.6 Å². The maximum absolute atomic E-state index is 11.7. The van der Waals surface area contributed by atoms with Gasteiger partial charge >= 0.3 is 12.0 Å². The number of carbonyl (C=O) groups excluding carboxylic acids is 1. The van der Waals surface area contributed by atoms with Crippen LogP contribution in [0.25, 0.3) is 0 Å². The first-order valence-corrected chi connectivity index (χ1v) is 7.17. The molecule has 1 fully saturated rings. The number of hydrogen-bond acceptors (Lipinski definition) is 2. The van der Waals surface area contributed by atoms with Crippen molar-refractivity contribution in [2.75, 3.05) is 6.54 Å².